The van der Waals surface area contributed by atoms with Crippen molar-refractivity contribution in [2.45, 2.75) is 58.0 Å². The molecule has 3 aromatic rings. The SMILES string of the molecule is CCCCCN(Cc1nc2ccccc2[nH]1)[C@H]1CCCc2cccnc21. The van der Waals surface area contributed by atoms with Crippen LogP contribution in [0.2, 0.25) is 0 Å². The number of H-pyrrole nitrogens is 1. The van der Waals surface area contributed by atoms with E-state index in [1.807, 2.05) is 12.3 Å². The normalized spacial score (nSPS) is 16.9. The number of hydrogen-bond donors (Lipinski definition) is 1. The number of aryl methyl sites for hydroxylation is 1. The molecule has 0 bridgehead atoms. The lowest BCUT2D eigenvalue weighted by Gasteiger charge is -2.34. The molecule has 0 unspecified atom stereocenters. The van der Waals surface area contributed by atoms with E-state index in [1.165, 1.54) is 43.4 Å². The highest BCUT2D eigenvalue weighted by atomic mass is 15.2. The second-order valence-corrected chi connectivity index (χ2v) is 7.33. The molecule has 0 amide bonds. The van der Waals surface area contributed by atoms with Crippen LogP contribution in [0.3, 0.4) is 0 Å². The molecule has 0 aliphatic heterocycles. The summed E-state index contributed by atoms with van der Waals surface area (Å²) >= 11 is 0. The molecule has 4 heteroatoms. The van der Waals surface area contributed by atoms with Gasteiger partial charge in [-0.2, -0.15) is 0 Å². The smallest absolute Gasteiger partial charge is 0.121 e. The second kappa shape index (κ2) is 8.00. The molecule has 4 nitrogen and oxygen atoms in total. The predicted molar refractivity (Wildman–Crippen MR) is 106 cm³/mol. The minimum atomic E-state index is 0.407. The van der Waals surface area contributed by atoms with Gasteiger partial charge in [-0.25, -0.2) is 4.98 Å². The molecule has 2 aromatic heterocycles. The summed E-state index contributed by atoms with van der Waals surface area (Å²) in [5.41, 5.74) is 4.89. The summed E-state index contributed by atoms with van der Waals surface area (Å²) in [5, 5.41) is 0. The topological polar surface area (TPSA) is 44.8 Å². The van der Waals surface area contributed by atoms with Crippen LogP contribution in [0.25, 0.3) is 11.0 Å². The largest absolute Gasteiger partial charge is 0.341 e. The summed E-state index contributed by atoms with van der Waals surface area (Å²) < 4.78 is 0. The van der Waals surface area contributed by atoms with Crippen LogP contribution < -0.4 is 0 Å². The molecule has 0 fully saturated rings. The van der Waals surface area contributed by atoms with Gasteiger partial charge < -0.3 is 4.98 Å². The van der Waals surface area contributed by atoms with Crippen molar-refractivity contribution in [3.05, 3.63) is 59.7 Å². The molecule has 1 aliphatic rings. The number of benzene rings is 1. The lowest BCUT2D eigenvalue weighted by Crippen LogP contribution is -2.33. The average Bonchev–Trinajstić information content (AvgIpc) is 3.09. The molecular formula is C22H28N4. The summed E-state index contributed by atoms with van der Waals surface area (Å²) in [6, 6.07) is 13.0. The third-order valence-corrected chi connectivity index (χ3v) is 5.45. The third-order valence-electron chi connectivity index (χ3n) is 5.45. The minimum Gasteiger partial charge on any atom is -0.341 e. The van der Waals surface area contributed by atoms with Crippen molar-refractivity contribution in [3.8, 4) is 0 Å². The summed E-state index contributed by atoms with van der Waals surface area (Å²) in [6.45, 7) is 4.23. The molecule has 1 N–H and O–H groups in total. The number of nitrogens with zero attached hydrogens (tertiary/aromatic N) is 3. The Hall–Kier alpha value is -2.20. The highest BCUT2D eigenvalue weighted by molar-refractivity contribution is 5.74. The first kappa shape index (κ1) is 17.2. The lowest BCUT2D eigenvalue weighted by atomic mass is 9.90. The fraction of sp³-hybridized carbons (Fsp3) is 0.455. The highest BCUT2D eigenvalue weighted by Gasteiger charge is 2.27. The zero-order valence-electron chi connectivity index (χ0n) is 15.6. The summed E-state index contributed by atoms with van der Waals surface area (Å²) in [5.74, 6) is 1.06. The minimum absolute atomic E-state index is 0.407. The third kappa shape index (κ3) is 3.65. The van der Waals surface area contributed by atoms with Gasteiger partial charge in [-0.15, -0.1) is 0 Å². The number of nitrogens with one attached hydrogen (secondary N) is 1. The first-order valence-electron chi connectivity index (χ1n) is 9.96. The molecular weight excluding hydrogens is 320 g/mol. The van der Waals surface area contributed by atoms with Gasteiger partial charge in [0.2, 0.25) is 0 Å². The Morgan fingerprint density at radius 2 is 2.08 bits per heavy atom. The summed E-state index contributed by atoms with van der Waals surface area (Å²) in [4.78, 5) is 15.7. The van der Waals surface area contributed by atoms with Crippen molar-refractivity contribution in [3.63, 3.8) is 0 Å². The molecule has 0 saturated heterocycles. The molecule has 0 spiro atoms. The van der Waals surface area contributed by atoms with E-state index in [2.05, 4.69) is 47.1 Å². The van der Waals surface area contributed by atoms with Crippen molar-refractivity contribution in [2.75, 3.05) is 6.54 Å². The van der Waals surface area contributed by atoms with Crippen LogP contribution in [-0.2, 0) is 13.0 Å². The lowest BCUT2D eigenvalue weighted by molar-refractivity contribution is 0.159. The van der Waals surface area contributed by atoms with Crippen molar-refractivity contribution in [2.24, 2.45) is 0 Å². The van der Waals surface area contributed by atoms with Gasteiger partial charge in [-0.3, -0.25) is 9.88 Å². The van der Waals surface area contributed by atoms with E-state index < -0.39 is 0 Å². The zero-order chi connectivity index (χ0) is 17.8. The van der Waals surface area contributed by atoms with E-state index >= 15 is 0 Å². The van der Waals surface area contributed by atoms with Crippen molar-refractivity contribution in [1.82, 2.24) is 19.9 Å². The first-order chi connectivity index (χ1) is 12.8. The Morgan fingerprint density at radius 3 is 2.96 bits per heavy atom. The molecule has 1 aromatic carbocycles. The van der Waals surface area contributed by atoms with Crippen LogP contribution in [-0.4, -0.2) is 26.4 Å². The molecule has 26 heavy (non-hydrogen) atoms. The predicted octanol–water partition coefficient (Wildman–Crippen LogP) is 5.03. The van der Waals surface area contributed by atoms with E-state index in [0.717, 1.165) is 36.4 Å². The van der Waals surface area contributed by atoms with E-state index in [-0.39, 0.29) is 0 Å². The van der Waals surface area contributed by atoms with Crippen molar-refractivity contribution < 1.29 is 0 Å². The zero-order valence-corrected chi connectivity index (χ0v) is 15.6. The molecule has 136 valence electrons. The Bertz CT molecular complexity index is 821. The maximum Gasteiger partial charge on any atom is 0.121 e. The van der Waals surface area contributed by atoms with Gasteiger partial charge in [-0.05, 0) is 56.0 Å². The number of hydrogen-bond acceptors (Lipinski definition) is 3. The van der Waals surface area contributed by atoms with Gasteiger partial charge in [0.15, 0.2) is 0 Å². The highest BCUT2D eigenvalue weighted by Crippen LogP contribution is 2.33. The number of pyridine rings is 1. The maximum atomic E-state index is 4.81. The van der Waals surface area contributed by atoms with Crippen LogP contribution in [0.4, 0.5) is 0 Å². The van der Waals surface area contributed by atoms with E-state index in [1.54, 1.807) is 0 Å². The standard InChI is InChI=1S/C22H28N4/c1-2-3-6-15-26(16-21-24-18-11-4-5-12-19(18)25-21)20-13-7-9-17-10-8-14-23-22(17)20/h4-5,8,10-12,14,20H,2-3,6-7,9,13,15-16H2,1H3,(H,24,25)/t20-/m0/s1. The van der Waals surface area contributed by atoms with Crippen LogP contribution in [0, 0.1) is 0 Å². The number of para-hydroxylation sites is 2. The number of aromatic amines is 1. The van der Waals surface area contributed by atoms with E-state index in [9.17, 15) is 0 Å². The van der Waals surface area contributed by atoms with Crippen molar-refractivity contribution in [1.29, 1.82) is 0 Å². The quantitative estimate of drug-likeness (QED) is 0.609. The van der Waals surface area contributed by atoms with Crippen LogP contribution in [0.15, 0.2) is 42.6 Å². The maximum absolute atomic E-state index is 4.81. The average molecular weight is 348 g/mol. The first-order valence-corrected chi connectivity index (χ1v) is 9.96. The fourth-order valence-electron chi connectivity index (χ4n) is 4.12. The number of aromatic nitrogens is 3. The van der Waals surface area contributed by atoms with Crippen LogP contribution in [0.1, 0.15) is 62.2 Å². The number of fused-ring (bicyclic) bond motifs is 2. The number of imidazole rings is 1. The monoisotopic (exact) mass is 348 g/mol. The van der Waals surface area contributed by atoms with E-state index in [0.29, 0.717) is 6.04 Å². The van der Waals surface area contributed by atoms with Crippen LogP contribution in [0.5, 0.6) is 0 Å². The Balaban J connectivity index is 1.60. The van der Waals surface area contributed by atoms with Gasteiger partial charge in [0.1, 0.15) is 5.82 Å². The Labute approximate surface area is 155 Å². The molecule has 4 rings (SSSR count). The molecule has 0 radical (unpaired) electrons. The van der Waals surface area contributed by atoms with E-state index in [4.69, 9.17) is 9.97 Å². The fourth-order valence-corrected chi connectivity index (χ4v) is 4.12. The van der Waals surface area contributed by atoms with Gasteiger partial charge in [-0.1, -0.05) is 38.0 Å². The van der Waals surface area contributed by atoms with Gasteiger partial charge in [0.05, 0.1) is 29.3 Å². The second-order valence-electron chi connectivity index (χ2n) is 7.33. The van der Waals surface area contributed by atoms with Gasteiger partial charge in [0, 0.05) is 6.20 Å². The van der Waals surface area contributed by atoms with Gasteiger partial charge in [0.25, 0.3) is 0 Å². The summed E-state index contributed by atoms with van der Waals surface area (Å²) in [6.07, 6.45) is 9.30. The Morgan fingerprint density at radius 1 is 1.15 bits per heavy atom. The molecule has 2 heterocycles. The number of unbranched alkanes of at least 4 members (excludes halogenated alkanes) is 2. The Kier molecular flexibility index (Phi) is 5.30. The van der Waals surface area contributed by atoms with Crippen molar-refractivity contribution >= 4 is 11.0 Å². The molecule has 1 atom stereocenters. The summed E-state index contributed by atoms with van der Waals surface area (Å²) in [7, 11) is 0. The van der Waals surface area contributed by atoms with Crippen LogP contribution >= 0.6 is 0 Å². The number of rotatable bonds is 7. The molecule has 1 aliphatic carbocycles. The van der Waals surface area contributed by atoms with Gasteiger partial charge >= 0.3 is 0 Å². The molecule has 0 saturated carbocycles.